The van der Waals surface area contributed by atoms with Crippen molar-refractivity contribution in [2.75, 3.05) is 26.2 Å². The topological polar surface area (TPSA) is 79.3 Å². The number of rotatable bonds is 3. The highest BCUT2D eigenvalue weighted by Crippen LogP contribution is 2.32. The molecule has 2 aliphatic rings. The molecule has 2 heterocycles. The fraction of sp³-hybridized carbons (Fsp3) is 0.579. The van der Waals surface area contributed by atoms with E-state index < -0.39 is 24.5 Å². The number of urea groups is 1. The molecule has 1 aromatic carbocycles. The van der Waals surface area contributed by atoms with E-state index in [4.69, 9.17) is 4.74 Å². The maximum Gasteiger partial charge on any atom is 0.573 e. The number of hydrogen-bond donors (Lipinski definition) is 1. The van der Waals surface area contributed by atoms with Gasteiger partial charge in [-0.25, -0.2) is 4.79 Å². The van der Waals surface area contributed by atoms with Gasteiger partial charge in [0.2, 0.25) is 0 Å². The number of carbonyl (C=O) groups is 2. The normalized spacial score (nSPS) is 25.1. The van der Waals surface area contributed by atoms with E-state index in [0.29, 0.717) is 25.9 Å². The molecule has 160 valence electrons. The smallest absolute Gasteiger partial charge is 0.461 e. The summed E-state index contributed by atoms with van der Waals surface area (Å²) in [4.78, 5) is 27.4. The summed E-state index contributed by atoms with van der Waals surface area (Å²) in [6.07, 6.45) is -4.88. The summed E-state index contributed by atoms with van der Waals surface area (Å²) in [6, 6.07) is 5.23. The molecule has 2 saturated heterocycles. The number of β-amino-alcohol motifs (C(OH)–C–C–N with tert-alkyl or cyclic N) is 1. The molecule has 2 aliphatic heterocycles. The minimum atomic E-state index is -4.77. The second-order valence-electron chi connectivity index (χ2n) is 7.36. The van der Waals surface area contributed by atoms with Gasteiger partial charge in [-0.3, -0.25) is 4.79 Å². The van der Waals surface area contributed by atoms with Gasteiger partial charge in [-0.15, -0.1) is 13.2 Å². The Bertz CT molecular complexity index is 740. The third kappa shape index (κ3) is 5.75. The van der Waals surface area contributed by atoms with Gasteiger partial charge in [0.25, 0.3) is 0 Å². The summed E-state index contributed by atoms with van der Waals surface area (Å²) < 4.78 is 46.3. The number of aliphatic hydroxyl groups is 1. The standard InChI is InChI=1S/C19H23F3N2O5/c1-12(25)28-17-8-14(13-2-4-16(5-3-13)29-19(20,21)22)9-24(11-17)18(27)23-7-6-15(26)10-23/h2-5,14-15,17,26H,6-11H2,1H3. The molecule has 2 fully saturated rings. The van der Waals surface area contributed by atoms with E-state index in [1.54, 1.807) is 9.80 Å². The van der Waals surface area contributed by atoms with E-state index in [-0.39, 0.29) is 30.8 Å². The number of likely N-dealkylation sites (tertiary alicyclic amines) is 2. The van der Waals surface area contributed by atoms with Gasteiger partial charge >= 0.3 is 18.4 Å². The molecule has 1 N–H and O–H groups in total. The summed E-state index contributed by atoms with van der Waals surface area (Å²) in [5.74, 6) is -1.01. The second-order valence-corrected chi connectivity index (χ2v) is 7.36. The second kappa shape index (κ2) is 8.48. The predicted molar refractivity (Wildman–Crippen MR) is 95.2 cm³/mol. The Morgan fingerprint density at radius 3 is 2.34 bits per heavy atom. The fourth-order valence-corrected chi connectivity index (χ4v) is 3.83. The zero-order valence-electron chi connectivity index (χ0n) is 15.9. The van der Waals surface area contributed by atoms with Gasteiger partial charge in [-0.1, -0.05) is 12.1 Å². The van der Waals surface area contributed by atoms with Crippen LogP contribution in [0.5, 0.6) is 5.75 Å². The van der Waals surface area contributed by atoms with Gasteiger partial charge in [0.05, 0.1) is 12.6 Å². The van der Waals surface area contributed by atoms with Crippen LogP contribution >= 0.6 is 0 Å². The lowest BCUT2D eigenvalue weighted by atomic mass is 9.89. The number of ether oxygens (including phenoxy) is 2. The number of alkyl halides is 3. The van der Waals surface area contributed by atoms with Crippen LogP contribution in [-0.4, -0.2) is 71.7 Å². The lowest BCUT2D eigenvalue weighted by molar-refractivity contribution is -0.274. The Morgan fingerprint density at radius 2 is 1.79 bits per heavy atom. The van der Waals surface area contributed by atoms with E-state index in [2.05, 4.69) is 4.74 Å². The van der Waals surface area contributed by atoms with E-state index in [9.17, 15) is 27.9 Å². The molecule has 0 bridgehead atoms. The average molecular weight is 416 g/mol. The van der Waals surface area contributed by atoms with Crippen LogP contribution in [0.1, 0.15) is 31.2 Å². The first kappa shape index (κ1) is 21.2. The molecule has 0 aromatic heterocycles. The summed E-state index contributed by atoms with van der Waals surface area (Å²) in [5.41, 5.74) is 0.718. The van der Waals surface area contributed by atoms with Gasteiger partial charge in [0.15, 0.2) is 0 Å². The van der Waals surface area contributed by atoms with Crippen molar-refractivity contribution in [1.82, 2.24) is 9.80 Å². The molecule has 0 saturated carbocycles. The molecule has 3 unspecified atom stereocenters. The number of esters is 1. The van der Waals surface area contributed by atoms with E-state index in [0.717, 1.165) is 5.56 Å². The van der Waals surface area contributed by atoms with Crippen molar-refractivity contribution in [3.05, 3.63) is 29.8 Å². The van der Waals surface area contributed by atoms with Crippen LogP contribution in [0.3, 0.4) is 0 Å². The minimum Gasteiger partial charge on any atom is -0.461 e. The molecule has 7 nitrogen and oxygen atoms in total. The highest BCUT2D eigenvalue weighted by Gasteiger charge is 2.36. The molecule has 1 aromatic rings. The Hall–Kier alpha value is -2.49. The molecule has 0 aliphatic carbocycles. The van der Waals surface area contributed by atoms with Crippen molar-refractivity contribution in [1.29, 1.82) is 0 Å². The first-order valence-corrected chi connectivity index (χ1v) is 9.35. The number of aliphatic hydroxyl groups excluding tert-OH is 1. The molecule has 3 rings (SSSR count). The summed E-state index contributed by atoms with van der Waals surface area (Å²) in [6.45, 7) is 2.56. The molecule has 0 spiro atoms. The van der Waals surface area contributed by atoms with Crippen molar-refractivity contribution in [2.45, 2.75) is 44.3 Å². The molecular weight excluding hydrogens is 393 g/mol. The van der Waals surface area contributed by atoms with Crippen LogP contribution in [-0.2, 0) is 9.53 Å². The predicted octanol–water partition coefficient (Wildman–Crippen LogP) is 2.49. The van der Waals surface area contributed by atoms with Crippen LogP contribution in [0.4, 0.5) is 18.0 Å². The van der Waals surface area contributed by atoms with Crippen molar-refractivity contribution in [3.63, 3.8) is 0 Å². The van der Waals surface area contributed by atoms with Crippen LogP contribution in [0.15, 0.2) is 24.3 Å². The number of hydrogen-bond acceptors (Lipinski definition) is 5. The minimum absolute atomic E-state index is 0.218. The third-order valence-electron chi connectivity index (χ3n) is 5.03. The van der Waals surface area contributed by atoms with Crippen LogP contribution in [0.25, 0.3) is 0 Å². The molecule has 0 radical (unpaired) electrons. The maximum absolute atomic E-state index is 12.8. The van der Waals surface area contributed by atoms with Crippen LogP contribution in [0, 0.1) is 0 Å². The van der Waals surface area contributed by atoms with Crippen molar-refractivity contribution >= 4 is 12.0 Å². The fourth-order valence-electron chi connectivity index (χ4n) is 3.83. The Morgan fingerprint density at radius 1 is 1.10 bits per heavy atom. The highest BCUT2D eigenvalue weighted by atomic mass is 19.4. The maximum atomic E-state index is 12.8. The molecule has 2 amide bonds. The van der Waals surface area contributed by atoms with E-state index in [1.165, 1.54) is 31.2 Å². The van der Waals surface area contributed by atoms with Gasteiger partial charge in [0, 0.05) is 32.5 Å². The zero-order chi connectivity index (χ0) is 21.2. The molecule has 10 heteroatoms. The summed E-state index contributed by atoms with van der Waals surface area (Å²) in [5, 5.41) is 9.68. The van der Waals surface area contributed by atoms with Crippen molar-refractivity contribution in [3.8, 4) is 5.75 Å². The Labute approximate surface area is 166 Å². The average Bonchev–Trinajstić information content (AvgIpc) is 3.06. The van der Waals surface area contributed by atoms with Gasteiger partial charge < -0.3 is 24.4 Å². The Kier molecular flexibility index (Phi) is 6.21. The third-order valence-corrected chi connectivity index (χ3v) is 5.03. The number of nitrogens with zero attached hydrogens (tertiary/aromatic N) is 2. The zero-order valence-corrected chi connectivity index (χ0v) is 15.9. The monoisotopic (exact) mass is 416 g/mol. The summed E-state index contributed by atoms with van der Waals surface area (Å²) in [7, 11) is 0. The van der Waals surface area contributed by atoms with E-state index >= 15 is 0 Å². The number of carbonyl (C=O) groups excluding carboxylic acids is 2. The quantitative estimate of drug-likeness (QED) is 0.766. The molecule has 29 heavy (non-hydrogen) atoms. The van der Waals surface area contributed by atoms with Crippen molar-refractivity contribution in [2.24, 2.45) is 0 Å². The molecular formula is C19H23F3N2O5. The molecule has 3 atom stereocenters. The SMILES string of the molecule is CC(=O)OC1CC(c2ccc(OC(F)(F)F)cc2)CN(C(=O)N2CCC(O)C2)C1. The highest BCUT2D eigenvalue weighted by molar-refractivity contribution is 5.75. The first-order chi connectivity index (χ1) is 13.6. The lowest BCUT2D eigenvalue weighted by Crippen LogP contribution is -2.51. The van der Waals surface area contributed by atoms with Gasteiger partial charge in [-0.2, -0.15) is 0 Å². The van der Waals surface area contributed by atoms with Gasteiger partial charge in [-0.05, 0) is 30.5 Å². The number of halogens is 3. The Balaban J connectivity index is 1.74. The van der Waals surface area contributed by atoms with Crippen molar-refractivity contribution < 1.29 is 37.3 Å². The summed E-state index contributed by atoms with van der Waals surface area (Å²) >= 11 is 0. The van der Waals surface area contributed by atoms with Crippen LogP contribution < -0.4 is 4.74 Å². The number of piperidine rings is 1. The lowest BCUT2D eigenvalue weighted by Gasteiger charge is -2.39. The number of benzene rings is 1. The van der Waals surface area contributed by atoms with Gasteiger partial charge in [0.1, 0.15) is 11.9 Å². The largest absolute Gasteiger partial charge is 0.573 e. The number of amides is 2. The first-order valence-electron chi connectivity index (χ1n) is 9.35. The van der Waals surface area contributed by atoms with Crippen LogP contribution in [0.2, 0.25) is 0 Å². The van der Waals surface area contributed by atoms with E-state index in [1.807, 2.05) is 0 Å².